The highest BCUT2D eigenvalue weighted by Gasteiger charge is 2.38. The maximum Gasteiger partial charge on any atom is 0.340 e. The summed E-state index contributed by atoms with van der Waals surface area (Å²) in [7, 11) is 1.26. The summed E-state index contributed by atoms with van der Waals surface area (Å²) >= 11 is 0. The molecule has 0 unspecified atom stereocenters. The van der Waals surface area contributed by atoms with Crippen LogP contribution in [0.3, 0.4) is 0 Å². The van der Waals surface area contributed by atoms with Crippen molar-refractivity contribution in [3.05, 3.63) is 70.3 Å². The predicted molar refractivity (Wildman–Crippen MR) is 125 cm³/mol. The molecular formula is C25H27N3O6. The van der Waals surface area contributed by atoms with E-state index in [9.17, 15) is 19.2 Å². The van der Waals surface area contributed by atoms with Gasteiger partial charge >= 0.3 is 17.8 Å². The number of ether oxygens (including phenoxy) is 1. The molecule has 178 valence electrons. The van der Waals surface area contributed by atoms with E-state index in [0.717, 1.165) is 5.56 Å². The molecule has 34 heavy (non-hydrogen) atoms. The molecule has 9 heteroatoms. The Balaban J connectivity index is 1.69. The van der Waals surface area contributed by atoms with Gasteiger partial charge in [-0.15, -0.1) is 0 Å². The number of amides is 3. The number of allylic oxidation sites excluding steroid dienone is 1. The van der Waals surface area contributed by atoms with Gasteiger partial charge < -0.3 is 24.7 Å². The Kier molecular flexibility index (Phi) is 7.35. The van der Waals surface area contributed by atoms with Crippen LogP contribution in [0.25, 0.3) is 6.08 Å². The van der Waals surface area contributed by atoms with E-state index in [2.05, 4.69) is 10.6 Å². The van der Waals surface area contributed by atoms with Gasteiger partial charge in [-0.05, 0) is 58.0 Å². The number of esters is 1. The van der Waals surface area contributed by atoms with E-state index < -0.39 is 17.8 Å². The van der Waals surface area contributed by atoms with Crippen LogP contribution in [0.2, 0.25) is 0 Å². The van der Waals surface area contributed by atoms with Gasteiger partial charge in [-0.25, -0.2) is 4.79 Å². The van der Waals surface area contributed by atoms with E-state index in [1.54, 1.807) is 31.2 Å². The lowest BCUT2D eigenvalue weighted by molar-refractivity contribution is -0.136. The zero-order valence-electron chi connectivity index (χ0n) is 19.7. The first-order chi connectivity index (χ1) is 16.1. The molecule has 1 aliphatic rings. The first-order valence-corrected chi connectivity index (χ1v) is 10.7. The normalized spacial score (nSPS) is 14.7. The maximum absolute atomic E-state index is 12.9. The van der Waals surface area contributed by atoms with Crippen molar-refractivity contribution in [1.82, 2.24) is 10.2 Å². The number of furan rings is 1. The maximum atomic E-state index is 12.9. The van der Waals surface area contributed by atoms with E-state index in [1.165, 1.54) is 18.1 Å². The zero-order valence-corrected chi connectivity index (χ0v) is 19.7. The van der Waals surface area contributed by atoms with Gasteiger partial charge in [0.25, 0.3) is 5.91 Å². The average Bonchev–Trinajstić information content (AvgIpc) is 3.34. The van der Waals surface area contributed by atoms with Crippen molar-refractivity contribution in [3.8, 4) is 0 Å². The molecule has 0 atom stereocenters. The second-order valence-corrected chi connectivity index (χ2v) is 8.09. The van der Waals surface area contributed by atoms with Gasteiger partial charge in [-0.2, -0.15) is 0 Å². The summed E-state index contributed by atoms with van der Waals surface area (Å²) in [5.74, 6) is -1.87. The van der Waals surface area contributed by atoms with Gasteiger partial charge in [0.15, 0.2) is 0 Å². The largest absolute Gasteiger partial charge is 0.465 e. The number of hydrogen-bond acceptors (Lipinski definition) is 6. The van der Waals surface area contributed by atoms with E-state index >= 15 is 0 Å². The van der Waals surface area contributed by atoms with E-state index in [1.807, 2.05) is 32.9 Å². The number of carbonyl (C=O) groups excluding carboxylic acids is 4. The number of nitrogens with zero attached hydrogens (tertiary/aromatic N) is 1. The van der Waals surface area contributed by atoms with Crippen LogP contribution in [0.5, 0.6) is 0 Å². The Morgan fingerprint density at radius 3 is 2.35 bits per heavy atom. The van der Waals surface area contributed by atoms with Crippen LogP contribution in [0, 0.1) is 6.92 Å². The lowest BCUT2D eigenvalue weighted by Gasteiger charge is -2.22. The fraction of sp³-hybridized carbons (Fsp3) is 0.280. The molecule has 1 aromatic carbocycles. The Labute approximate surface area is 197 Å². The Morgan fingerprint density at radius 2 is 1.74 bits per heavy atom. The van der Waals surface area contributed by atoms with Gasteiger partial charge in [-0.3, -0.25) is 14.4 Å². The number of benzene rings is 1. The van der Waals surface area contributed by atoms with Crippen molar-refractivity contribution < 1.29 is 28.3 Å². The smallest absolute Gasteiger partial charge is 0.340 e. The van der Waals surface area contributed by atoms with Crippen LogP contribution < -0.4 is 10.6 Å². The fourth-order valence-corrected chi connectivity index (χ4v) is 3.60. The minimum absolute atomic E-state index is 0.0336. The molecule has 0 fully saturated rings. The molecule has 0 saturated carbocycles. The summed E-state index contributed by atoms with van der Waals surface area (Å²) in [6, 6.07) is 10.1. The molecule has 0 spiro atoms. The molecule has 3 amide bonds. The van der Waals surface area contributed by atoms with Crippen molar-refractivity contribution in [2.24, 2.45) is 0 Å². The average molecular weight is 466 g/mol. The highest BCUT2D eigenvalue weighted by Crippen LogP contribution is 2.33. The Morgan fingerprint density at radius 1 is 1.06 bits per heavy atom. The highest BCUT2D eigenvalue weighted by molar-refractivity contribution is 6.39. The Bertz CT molecular complexity index is 1190. The van der Waals surface area contributed by atoms with Crippen molar-refractivity contribution in [1.29, 1.82) is 0 Å². The van der Waals surface area contributed by atoms with Crippen LogP contribution in [-0.2, 0) is 30.5 Å². The second kappa shape index (κ2) is 10.2. The minimum Gasteiger partial charge on any atom is -0.465 e. The third kappa shape index (κ3) is 5.25. The van der Waals surface area contributed by atoms with Crippen LogP contribution in [0.15, 0.2) is 57.7 Å². The van der Waals surface area contributed by atoms with Gasteiger partial charge in [0.05, 0.1) is 24.8 Å². The lowest BCUT2D eigenvalue weighted by atomic mass is 10.1. The van der Waals surface area contributed by atoms with Crippen LogP contribution in [0.1, 0.15) is 37.9 Å². The van der Waals surface area contributed by atoms with E-state index in [-0.39, 0.29) is 29.6 Å². The molecule has 1 aromatic heterocycles. The van der Waals surface area contributed by atoms with Crippen molar-refractivity contribution >= 4 is 35.5 Å². The number of anilines is 1. The third-order valence-corrected chi connectivity index (χ3v) is 5.26. The molecule has 0 bridgehead atoms. The van der Waals surface area contributed by atoms with Crippen molar-refractivity contribution in [3.63, 3.8) is 0 Å². The van der Waals surface area contributed by atoms with Crippen LogP contribution in [-0.4, -0.2) is 41.7 Å². The molecule has 3 rings (SSSR count). The number of rotatable bonds is 6. The number of aryl methyl sites for hydroxylation is 1. The zero-order chi connectivity index (χ0) is 25.0. The SMILES string of the molecule is COC(=O)C1=C(C)N(C(C)C)C(=O)/C1=C/c1ccc(CNC(=O)C(=O)Nc2ccc(C)cc2)o1. The number of hydrogen-bond donors (Lipinski definition) is 2. The molecule has 0 radical (unpaired) electrons. The van der Waals surface area contributed by atoms with Crippen molar-refractivity contribution in [2.75, 3.05) is 12.4 Å². The molecule has 9 nitrogen and oxygen atoms in total. The highest BCUT2D eigenvalue weighted by atomic mass is 16.5. The molecular weight excluding hydrogens is 438 g/mol. The second-order valence-electron chi connectivity index (χ2n) is 8.09. The molecule has 0 saturated heterocycles. The molecule has 2 heterocycles. The van der Waals surface area contributed by atoms with Crippen molar-refractivity contribution in [2.45, 2.75) is 40.3 Å². The summed E-state index contributed by atoms with van der Waals surface area (Å²) in [6.45, 7) is 7.27. The quantitative estimate of drug-likeness (QED) is 0.385. The number of carbonyl (C=O) groups is 4. The fourth-order valence-electron chi connectivity index (χ4n) is 3.60. The molecule has 1 aliphatic heterocycles. The topological polar surface area (TPSA) is 118 Å². The summed E-state index contributed by atoms with van der Waals surface area (Å²) in [5, 5.41) is 5.01. The van der Waals surface area contributed by atoms with Crippen LogP contribution >= 0.6 is 0 Å². The molecule has 2 N–H and O–H groups in total. The van der Waals surface area contributed by atoms with Gasteiger partial charge in [-0.1, -0.05) is 17.7 Å². The van der Waals surface area contributed by atoms with Gasteiger partial charge in [0.2, 0.25) is 0 Å². The summed E-state index contributed by atoms with van der Waals surface area (Å²) in [4.78, 5) is 51.0. The Hall–Kier alpha value is -4.14. The monoisotopic (exact) mass is 465 g/mol. The van der Waals surface area contributed by atoms with E-state index in [0.29, 0.717) is 22.9 Å². The summed E-state index contributed by atoms with van der Waals surface area (Å²) in [5.41, 5.74) is 2.41. The minimum atomic E-state index is -0.818. The lowest BCUT2D eigenvalue weighted by Crippen LogP contribution is -2.34. The number of nitrogens with one attached hydrogen (secondary N) is 2. The van der Waals surface area contributed by atoms with Gasteiger partial charge in [0, 0.05) is 17.4 Å². The van der Waals surface area contributed by atoms with Crippen LogP contribution in [0.4, 0.5) is 5.69 Å². The van der Waals surface area contributed by atoms with E-state index in [4.69, 9.17) is 9.15 Å². The third-order valence-electron chi connectivity index (χ3n) is 5.26. The molecule has 2 aromatic rings. The van der Waals surface area contributed by atoms with Gasteiger partial charge in [0.1, 0.15) is 11.5 Å². The summed E-state index contributed by atoms with van der Waals surface area (Å²) < 4.78 is 10.5. The predicted octanol–water partition coefficient (Wildman–Crippen LogP) is 2.92. The summed E-state index contributed by atoms with van der Waals surface area (Å²) in [6.07, 6.45) is 1.47. The first kappa shape index (κ1) is 24.5. The first-order valence-electron chi connectivity index (χ1n) is 10.7. The molecule has 0 aliphatic carbocycles. The number of methoxy groups -OCH3 is 1. The standard InChI is InChI=1S/C25H27N3O6/c1-14(2)28-16(4)21(25(32)33-5)20(24(28)31)12-18-10-11-19(34-18)13-26-22(29)23(30)27-17-8-6-15(3)7-9-17/h6-12,14H,13H2,1-5H3,(H,26,29)(H,27,30)/b20-12+.